The van der Waals surface area contributed by atoms with Crippen molar-refractivity contribution in [2.24, 2.45) is 7.05 Å². The van der Waals surface area contributed by atoms with Crippen LogP contribution < -0.4 is 5.56 Å². The Bertz CT molecular complexity index is 2440. The standard InChI is InChI=1S/C41H43F5N6O3.C4H6O6/c1-49-25-29(24-47-49)27-52-39(54)22-33(11-10-32-4-3-5-36(42)40(32)43)37(48-52)23-38(53)51(35-16-18-50(19-17-35)20-21-55-2)26-28-6-8-30(9-7-28)31-12-14-34(15-13-31)41(44,45)46;5-1(3(7)8)2(6)4(9)10/h3-9,12-15,22,24-25,35H,10-11,16-21,23,26-27H2,1-2H3;1-2,5-6H,(H,7,8)(H,9,10). The number of aliphatic hydroxyl groups excluding tert-OH is 2. The molecule has 0 bridgehead atoms. The predicted molar refractivity (Wildman–Crippen MR) is 224 cm³/mol. The Morgan fingerprint density at radius 1 is 0.877 bits per heavy atom. The Labute approximate surface area is 369 Å². The topological polar surface area (TPSA) is 201 Å². The SMILES string of the molecule is COCCN1CCC(N(Cc2ccc(-c3ccc(C(F)(F)F)cc3)cc2)C(=O)Cc2nn(Cc3cnn(C)c3)c(=O)cc2CCc2cccc(F)c2F)CC1.O=C(O)C(O)C(O)C(=O)O. The fraction of sp³-hybridized carbons (Fsp3) is 0.378. The van der Waals surface area contributed by atoms with Gasteiger partial charge < -0.3 is 35.0 Å². The minimum atomic E-state index is -4.43. The fourth-order valence-electron chi connectivity index (χ4n) is 7.24. The van der Waals surface area contributed by atoms with Gasteiger partial charge >= 0.3 is 18.1 Å². The zero-order valence-electron chi connectivity index (χ0n) is 35.5. The molecule has 0 spiro atoms. The lowest BCUT2D eigenvalue weighted by atomic mass is 9.98. The number of piperidine rings is 1. The molecule has 1 aliphatic heterocycles. The summed E-state index contributed by atoms with van der Waals surface area (Å²) < 4.78 is 76.2. The number of hydrogen-bond donors (Lipinski definition) is 4. The summed E-state index contributed by atoms with van der Waals surface area (Å²) in [6.45, 7) is 3.31. The lowest BCUT2D eigenvalue weighted by Gasteiger charge is -2.38. The Kier molecular flexibility index (Phi) is 17.2. The normalized spacial score (nSPS) is 14.3. The van der Waals surface area contributed by atoms with Crippen LogP contribution in [-0.4, -0.2) is 119 Å². The Morgan fingerprint density at radius 3 is 2.03 bits per heavy atom. The minimum absolute atomic E-state index is 0.0907. The number of ether oxygens (including phenoxy) is 1. The van der Waals surface area contributed by atoms with Crippen LogP contribution in [0.2, 0.25) is 0 Å². The average Bonchev–Trinajstić information content (AvgIpc) is 3.70. The van der Waals surface area contributed by atoms with Gasteiger partial charge in [-0.1, -0.05) is 48.5 Å². The van der Waals surface area contributed by atoms with Gasteiger partial charge in [0.05, 0.1) is 37.0 Å². The first-order valence-corrected chi connectivity index (χ1v) is 20.4. The highest BCUT2D eigenvalue weighted by Crippen LogP contribution is 2.31. The van der Waals surface area contributed by atoms with Crippen LogP contribution in [0.4, 0.5) is 22.0 Å². The van der Waals surface area contributed by atoms with Gasteiger partial charge in [0.1, 0.15) is 0 Å². The van der Waals surface area contributed by atoms with Gasteiger partial charge in [0.2, 0.25) is 5.91 Å². The van der Waals surface area contributed by atoms with E-state index in [1.165, 1.54) is 35.0 Å². The maximum absolute atomic E-state index is 14.6. The molecule has 0 radical (unpaired) electrons. The van der Waals surface area contributed by atoms with Crippen molar-refractivity contribution in [3.8, 4) is 11.1 Å². The van der Waals surface area contributed by atoms with Crippen molar-refractivity contribution in [1.29, 1.82) is 0 Å². The molecule has 1 amide bonds. The fourth-order valence-corrected chi connectivity index (χ4v) is 7.24. The highest BCUT2D eigenvalue weighted by Gasteiger charge is 2.32. The summed E-state index contributed by atoms with van der Waals surface area (Å²) in [5, 5.41) is 41.4. The van der Waals surface area contributed by atoms with E-state index in [-0.39, 0.29) is 49.9 Å². The van der Waals surface area contributed by atoms with Crippen LogP contribution in [0, 0.1) is 11.6 Å². The van der Waals surface area contributed by atoms with Crippen molar-refractivity contribution in [2.45, 2.75) is 69.6 Å². The van der Waals surface area contributed by atoms with Crippen molar-refractivity contribution >= 4 is 17.8 Å². The molecule has 15 nitrogen and oxygen atoms in total. The van der Waals surface area contributed by atoms with Crippen molar-refractivity contribution in [3.63, 3.8) is 0 Å². The molecule has 2 atom stereocenters. The van der Waals surface area contributed by atoms with Crippen molar-refractivity contribution in [1.82, 2.24) is 29.4 Å². The molecule has 1 saturated heterocycles. The first kappa shape index (κ1) is 49.7. The summed E-state index contributed by atoms with van der Waals surface area (Å²) in [5.41, 5.74) is 2.82. The number of aliphatic hydroxyl groups is 2. The number of alkyl halides is 3. The number of nitrogens with zero attached hydrogens (tertiary/aromatic N) is 6. The number of carbonyl (C=O) groups is 3. The van der Waals surface area contributed by atoms with E-state index in [4.69, 9.17) is 25.2 Å². The van der Waals surface area contributed by atoms with Gasteiger partial charge in [0.25, 0.3) is 5.56 Å². The van der Waals surface area contributed by atoms with E-state index in [9.17, 15) is 41.1 Å². The monoisotopic (exact) mass is 912 g/mol. The highest BCUT2D eigenvalue weighted by molar-refractivity contribution is 5.83. The molecular weight excluding hydrogens is 864 g/mol. The first-order valence-electron chi connectivity index (χ1n) is 20.4. The van der Waals surface area contributed by atoms with E-state index in [2.05, 4.69) is 15.1 Å². The quantitative estimate of drug-likeness (QED) is 0.0965. The van der Waals surface area contributed by atoms with E-state index in [1.54, 1.807) is 31.2 Å². The van der Waals surface area contributed by atoms with Crippen LogP contribution in [0.5, 0.6) is 0 Å². The van der Waals surface area contributed by atoms with Crippen molar-refractivity contribution < 1.29 is 61.5 Å². The molecule has 0 aliphatic carbocycles. The molecule has 2 aromatic heterocycles. The van der Waals surface area contributed by atoms with E-state index >= 15 is 0 Å². The van der Waals surface area contributed by atoms with Crippen LogP contribution >= 0.6 is 0 Å². The zero-order chi connectivity index (χ0) is 47.4. The number of aryl methyl sites for hydroxylation is 3. The first-order chi connectivity index (χ1) is 30.8. The number of carboxylic acids is 2. The molecule has 2 unspecified atom stereocenters. The summed E-state index contributed by atoms with van der Waals surface area (Å²) in [6.07, 6.45) is -4.01. The molecule has 0 saturated carbocycles. The largest absolute Gasteiger partial charge is 0.479 e. The smallest absolute Gasteiger partial charge is 0.416 e. The third-order valence-corrected chi connectivity index (χ3v) is 10.9. The Morgan fingerprint density at radius 2 is 1.48 bits per heavy atom. The number of aliphatic carboxylic acids is 2. The molecule has 1 fully saturated rings. The molecule has 4 N–H and O–H groups in total. The van der Waals surface area contributed by atoms with E-state index < -0.39 is 53.1 Å². The second-order valence-corrected chi connectivity index (χ2v) is 15.4. The number of methoxy groups -OCH3 is 1. The second kappa shape index (κ2) is 22.5. The third kappa shape index (κ3) is 13.8. The number of likely N-dealkylation sites (tertiary alicyclic amines) is 1. The second-order valence-electron chi connectivity index (χ2n) is 15.4. The van der Waals surface area contributed by atoms with Crippen molar-refractivity contribution in [3.05, 3.63) is 141 Å². The lowest BCUT2D eigenvalue weighted by molar-refractivity contribution is -0.165. The number of halogens is 5. The number of amides is 1. The van der Waals surface area contributed by atoms with Crippen LogP contribution in [0.1, 0.15) is 46.4 Å². The van der Waals surface area contributed by atoms with Gasteiger partial charge in [0, 0.05) is 64.2 Å². The number of hydrogen-bond acceptors (Lipinski definition) is 10. The summed E-state index contributed by atoms with van der Waals surface area (Å²) in [4.78, 5) is 51.5. The van der Waals surface area contributed by atoms with Crippen LogP contribution in [0.25, 0.3) is 11.1 Å². The van der Waals surface area contributed by atoms with E-state index in [0.29, 0.717) is 23.4 Å². The number of benzene rings is 3. The Hall–Kier alpha value is -6.35. The van der Waals surface area contributed by atoms with Gasteiger partial charge in [-0.05, 0) is 71.7 Å². The zero-order valence-corrected chi connectivity index (χ0v) is 35.5. The number of rotatable bonds is 17. The maximum Gasteiger partial charge on any atom is 0.416 e. The minimum Gasteiger partial charge on any atom is -0.479 e. The molecule has 1 aliphatic rings. The van der Waals surface area contributed by atoms with E-state index in [0.717, 1.165) is 67.4 Å². The third-order valence-electron chi connectivity index (χ3n) is 10.9. The average molecular weight is 913 g/mol. The predicted octanol–water partition coefficient (Wildman–Crippen LogP) is 4.33. The maximum atomic E-state index is 14.6. The molecule has 65 heavy (non-hydrogen) atoms. The van der Waals surface area contributed by atoms with Crippen LogP contribution in [-0.2, 0) is 64.7 Å². The van der Waals surface area contributed by atoms with E-state index in [1.807, 2.05) is 29.2 Å². The van der Waals surface area contributed by atoms with Crippen LogP contribution in [0.15, 0.2) is 90.0 Å². The van der Waals surface area contributed by atoms with Gasteiger partial charge in [-0.3, -0.25) is 14.3 Å². The Balaban J connectivity index is 0.000000709. The highest BCUT2D eigenvalue weighted by atomic mass is 19.4. The molecule has 5 aromatic rings. The van der Waals surface area contributed by atoms with Gasteiger partial charge in [-0.2, -0.15) is 23.4 Å². The molecular formula is C45H49F5N6O9. The van der Waals surface area contributed by atoms with Gasteiger partial charge in [-0.15, -0.1) is 0 Å². The van der Waals surface area contributed by atoms with Gasteiger partial charge in [0.15, 0.2) is 23.8 Å². The number of carbonyl (C=O) groups excluding carboxylic acids is 1. The van der Waals surface area contributed by atoms with Crippen LogP contribution in [0.3, 0.4) is 0 Å². The molecule has 3 aromatic carbocycles. The number of carboxylic acid groups (broad SMARTS) is 2. The summed E-state index contributed by atoms with van der Waals surface area (Å²) >= 11 is 0. The lowest BCUT2D eigenvalue weighted by Crippen LogP contribution is -2.48. The summed E-state index contributed by atoms with van der Waals surface area (Å²) in [6, 6.07) is 17.6. The molecule has 20 heteroatoms. The summed E-state index contributed by atoms with van der Waals surface area (Å²) in [7, 11) is 3.42. The molecule has 348 valence electrons. The molecule has 6 rings (SSSR count). The molecule has 3 heterocycles. The van der Waals surface area contributed by atoms with Gasteiger partial charge in [-0.25, -0.2) is 23.1 Å². The van der Waals surface area contributed by atoms with Crippen molar-refractivity contribution in [2.75, 3.05) is 33.4 Å². The summed E-state index contributed by atoms with van der Waals surface area (Å²) in [5.74, 6) is -5.66. The number of aromatic nitrogens is 4.